The average Bonchev–Trinajstić information content (AvgIpc) is 2.65. The van der Waals surface area contributed by atoms with Gasteiger partial charge in [-0.3, -0.25) is 4.90 Å². The van der Waals surface area contributed by atoms with Gasteiger partial charge in [-0.05, 0) is 47.5 Å². The van der Waals surface area contributed by atoms with Gasteiger partial charge < -0.3 is 10.5 Å². The zero-order valence-corrected chi connectivity index (χ0v) is 15.4. The number of para-hydroxylation sites is 1. The smallest absolute Gasteiger partial charge is 0.127 e. The second kappa shape index (κ2) is 9.39. The van der Waals surface area contributed by atoms with E-state index in [0.717, 1.165) is 36.2 Å². The van der Waals surface area contributed by atoms with Crippen molar-refractivity contribution in [3.63, 3.8) is 0 Å². The van der Waals surface area contributed by atoms with Crippen LogP contribution in [0.15, 0.2) is 78.9 Å². The van der Waals surface area contributed by atoms with Gasteiger partial charge in [-0.1, -0.05) is 54.1 Å². The zero-order valence-electron chi connectivity index (χ0n) is 14.6. The number of nitrogens with zero attached hydrogens (tertiary/aromatic N) is 1. The molecule has 0 spiro atoms. The Morgan fingerprint density at radius 2 is 1.46 bits per heavy atom. The highest BCUT2D eigenvalue weighted by molar-refractivity contribution is 6.30. The molecule has 3 nitrogen and oxygen atoms in total. The molecule has 0 saturated carbocycles. The lowest BCUT2D eigenvalue weighted by Gasteiger charge is -2.22. The van der Waals surface area contributed by atoms with Crippen LogP contribution in [-0.4, -0.2) is 18.0 Å². The summed E-state index contributed by atoms with van der Waals surface area (Å²) in [7, 11) is 0. The third kappa shape index (κ3) is 5.60. The molecule has 134 valence electrons. The molecule has 0 aliphatic carbocycles. The van der Waals surface area contributed by atoms with E-state index in [-0.39, 0.29) is 0 Å². The molecular formula is C22H23ClN2O. The van der Waals surface area contributed by atoms with Crippen LogP contribution in [0.1, 0.15) is 11.1 Å². The molecule has 0 fully saturated rings. The van der Waals surface area contributed by atoms with E-state index in [1.54, 1.807) is 0 Å². The van der Waals surface area contributed by atoms with E-state index in [2.05, 4.69) is 29.2 Å². The van der Waals surface area contributed by atoms with Gasteiger partial charge in [0, 0.05) is 31.2 Å². The summed E-state index contributed by atoms with van der Waals surface area (Å²) in [5, 5.41) is 0.755. The van der Waals surface area contributed by atoms with E-state index < -0.39 is 0 Å². The summed E-state index contributed by atoms with van der Waals surface area (Å²) >= 11 is 5.98. The van der Waals surface area contributed by atoms with Crippen LogP contribution in [0.4, 0.5) is 0 Å². The molecule has 0 aliphatic heterocycles. The van der Waals surface area contributed by atoms with Crippen LogP contribution in [0, 0.1) is 0 Å². The molecule has 0 aliphatic rings. The summed E-state index contributed by atoms with van der Waals surface area (Å²) in [5.74, 6) is 1.68. The molecule has 0 amide bonds. The van der Waals surface area contributed by atoms with Crippen molar-refractivity contribution in [1.29, 1.82) is 0 Å². The molecule has 0 atom stereocenters. The Bertz CT molecular complexity index is 806. The van der Waals surface area contributed by atoms with Crippen LogP contribution in [-0.2, 0) is 13.1 Å². The number of rotatable bonds is 8. The normalized spacial score (nSPS) is 10.9. The summed E-state index contributed by atoms with van der Waals surface area (Å²) in [6.07, 6.45) is 0. The lowest BCUT2D eigenvalue weighted by atomic mass is 10.1. The van der Waals surface area contributed by atoms with Crippen molar-refractivity contribution in [2.75, 3.05) is 13.1 Å². The minimum absolute atomic E-state index is 0.619. The first-order valence-electron chi connectivity index (χ1n) is 8.71. The fraction of sp³-hybridized carbons (Fsp3) is 0.182. The van der Waals surface area contributed by atoms with Crippen molar-refractivity contribution in [2.45, 2.75) is 13.1 Å². The number of hydrogen-bond acceptors (Lipinski definition) is 3. The number of hydrogen-bond donors (Lipinski definition) is 1. The first-order valence-corrected chi connectivity index (χ1v) is 9.09. The Morgan fingerprint density at radius 3 is 2.19 bits per heavy atom. The highest BCUT2D eigenvalue weighted by Gasteiger charge is 2.08. The van der Waals surface area contributed by atoms with Gasteiger partial charge >= 0.3 is 0 Å². The maximum absolute atomic E-state index is 5.98. The van der Waals surface area contributed by atoms with Crippen LogP contribution in [0.2, 0.25) is 5.02 Å². The van der Waals surface area contributed by atoms with Crippen molar-refractivity contribution >= 4 is 11.6 Å². The van der Waals surface area contributed by atoms with Gasteiger partial charge in [0.05, 0.1) is 0 Å². The molecule has 26 heavy (non-hydrogen) atoms. The molecule has 3 aromatic carbocycles. The van der Waals surface area contributed by atoms with Gasteiger partial charge in [0.1, 0.15) is 11.5 Å². The molecule has 0 radical (unpaired) electrons. The lowest BCUT2D eigenvalue weighted by Crippen LogP contribution is -2.28. The van der Waals surface area contributed by atoms with Crippen LogP contribution in [0.5, 0.6) is 11.5 Å². The molecule has 0 aromatic heterocycles. The first kappa shape index (κ1) is 18.5. The largest absolute Gasteiger partial charge is 0.457 e. The minimum atomic E-state index is 0.619. The topological polar surface area (TPSA) is 38.5 Å². The van der Waals surface area contributed by atoms with E-state index in [0.29, 0.717) is 6.54 Å². The van der Waals surface area contributed by atoms with Crippen LogP contribution >= 0.6 is 11.6 Å². The number of nitrogens with two attached hydrogens (primary N) is 1. The van der Waals surface area contributed by atoms with Gasteiger partial charge in [0.2, 0.25) is 0 Å². The van der Waals surface area contributed by atoms with Gasteiger partial charge in [0.25, 0.3) is 0 Å². The van der Waals surface area contributed by atoms with Gasteiger partial charge in [-0.25, -0.2) is 0 Å². The molecule has 2 N–H and O–H groups in total. The summed E-state index contributed by atoms with van der Waals surface area (Å²) in [5.41, 5.74) is 8.22. The second-order valence-corrected chi connectivity index (χ2v) is 6.62. The summed E-state index contributed by atoms with van der Waals surface area (Å²) in [4.78, 5) is 2.32. The average molecular weight is 367 g/mol. The Balaban J connectivity index is 1.68. The van der Waals surface area contributed by atoms with E-state index >= 15 is 0 Å². The summed E-state index contributed by atoms with van der Waals surface area (Å²) in [6.45, 7) is 3.09. The monoisotopic (exact) mass is 366 g/mol. The van der Waals surface area contributed by atoms with Crippen molar-refractivity contribution in [3.05, 3.63) is 95.0 Å². The van der Waals surface area contributed by atoms with Crippen molar-refractivity contribution in [1.82, 2.24) is 4.90 Å². The second-order valence-electron chi connectivity index (χ2n) is 6.19. The molecule has 4 heteroatoms. The molecule has 3 aromatic rings. The standard InChI is InChI=1S/C22H23ClN2O/c23-20-11-9-18(10-12-20)16-25(14-13-24)17-19-5-4-8-22(15-19)26-21-6-2-1-3-7-21/h1-12,15H,13-14,16-17,24H2. The predicted molar refractivity (Wildman–Crippen MR) is 108 cm³/mol. The quantitative estimate of drug-likeness (QED) is 0.603. The van der Waals surface area contributed by atoms with Crippen LogP contribution in [0.3, 0.4) is 0 Å². The molecular weight excluding hydrogens is 344 g/mol. The fourth-order valence-electron chi connectivity index (χ4n) is 2.83. The maximum atomic E-state index is 5.98. The van der Waals surface area contributed by atoms with Crippen LogP contribution in [0.25, 0.3) is 0 Å². The fourth-order valence-corrected chi connectivity index (χ4v) is 2.96. The summed E-state index contributed by atoms with van der Waals surface area (Å²) < 4.78 is 5.93. The number of benzene rings is 3. The van der Waals surface area contributed by atoms with Crippen molar-refractivity contribution in [3.8, 4) is 11.5 Å². The van der Waals surface area contributed by atoms with Crippen molar-refractivity contribution < 1.29 is 4.74 Å². The zero-order chi connectivity index (χ0) is 18.2. The molecule has 0 heterocycles. The molecule has 0 unspecified atom stereocenters. The highest BCUT2D eigenvalue weighted by Crippen LogP contribution is 2.23. The number of halogens is 1. The van der Waals surface area contributed by atoms with E-state index in [1.807, 2.05) is 54.6 Å². The predicted octanol–water partition coefficient (Wildman–Crippen LogP) is 5.09. The maximum Gasteiger partial charge on any atom is 0.127 e. The lowest BCUT2D eigenvalue weighted by molar-refractivity contribution is 0.264. The van der Waals surface area contributed by atoms with Crippen LogP contribution < -0.4 is 10.5 Å². The Kier molecular flexibility index (Phi) is 6.67. The minimum Gasteiger partial charge on any atom is -0.457 e. The molecule has 0 saturated heterocycles. The van der Waals surface area contributed by atoms with E-state index in [4.69, 9.17) is 22.1 Å². The molecule has 0 bridgehead atoms. The summed E-state index contributed by atoms with van der Waals surface area (Å²) in [6, 6.07) is 26.0. The Morgan fingerprint density at radius 1 is 0.769 bits per heavy atom. The highest BCUT2D eigenvalue weighted by atomic mass is 35.5. The van der Waals surface area contributed by atoms with Gasteiger partial charge in [0.15, 0.2) is 0 Å². The van der Waals surface area contributed by atoms with Gasteiger partial charge in [-0.2, -0.15) is 0 Å². The van der Waals surface area contributed by atoms with Gasteiger partial charge in [-0.15, -0.1) is 0 Å². The third-order valence-electron chi connectivity index (χ3n) is 4.05. The van der Waals surface area contributed by atoms with E-state index in [9.17, 15) is 0 Å². The SMILES string of the molecule is NCCN(Cc1ccc(Cl)cc1)Cc1cccc(Oc2ccccc2)c1. The van der Waals surface area contributed by atoms with E-state index in [1.165, 1.54) is 11.1 Å². The Labute approximate surface area is 160 Å². The molecule has 3 rings (SSSR count). The third-order valence-corrected chi connectivity index (χ3v) is 4.30. The van der Waals surface area contributed by atoms with Crippen molar-refractivity contribution in [2.24, 2.45) is 5.73 Å². The first-order chi connectivity index (χ1) is 12.7. The Hall–Kier alpha value is -2.33. The number of ether oxygens (including phenoxy) is 1.